The van der Waals surface area contributed by atoms with Crippen molar-refractivity contribution in [3.05, 3.63) is 23.9 Å². The van der Waals surface area contributed by atoms with Crippen LogP contribution in [-0.4, -0.2) is 18.9 Å². The molecule has 0 radical (unpaired) electrons. The number of anilines is 1. The fourth-order valence-electron chi connectivity index (χ4n) is 2.03. The van der Waals surface area contributed by atoms with Gasteiger partial charge >= 0.3 is 0 Å². The third-order valence-corrected chi connectivity index (χ3v) is 2.90. The second-order valence-electron chi connectivity index (χ2n) is 3.86. The van der Waals surface area contributed by atoms with E-state index in [4.69, 9.17) is 19.7 Å². The fraction of sp³-hybridized carbons (Fsp3) is 0.250. The Morgan fingerprint density at radius 2 is 2.24 bits per heavy atom. The first kappa shape index (κ1) is 10.0. The molecule has 0 fully saturated rings. The summed E-state index contributed by atoms with van der Waals surface area (Å²) in [7, 11) is 1.63. The van der Waals surface area contributed by atoms with Gasteiger partial charge in [-0.3, -0.25) is 0 Å². The lowest BCUT2D eigenvalue weighted by Gasteiger charge is -2.09. The molecule has 0 atom stereocenters. The van der Waals surface area contributed by atoms with Crippen LogP contribution in [0.1, 0.15) is 5.56 Å². The molecule has 88 valence electrons. The molecule has 0 unspecified atom stereocenters. The van der Waals surface area contributed by atoms with Gasteiger partial charge in [0.05, 0.1) is 25.5 Å². The highest BCUT2D eigenvalue weighted by atomic mass is 16.5. The lowest BCUT2D eigenvalue weighted by molar-refractivity contribution is 0.356. The summed E-state index contributed by atoms with van der Waals surface area (Å²) >= 11 is 0. The van der Waals surface area contributed by atoms with Crippen molar-refractivity contribution in [1.82, 2.24) is 5.16 Å². The maximum atomic E-state index is 5.72. The molecule has 2 N–H and O–H groups in total. The van der Waals surface area contributed by atoms with Crippen molar-refractivity contribution >= 4 is 5.88 Å². The summed E-state index contributed by atoms with van der Waals surface area (Å²) in [5, 5.41) is 3.67. The van der Waals surface area contributed by atoms with Crippen LogP contribution < -0.4 is 15.2 Å². The van der Waals surface area contributed by atoms with Crippen molar-refractivity contribution in [2.45, 2.75) is 6.42 Å². The first-order valence-corrected chi connectivity index (χ1v) is 5.34. The van der Waals surface area contributed by atoms with Crippen LogP contribution in [0.15, 0.2) is 22.9 Å². The van der Waals surface area contributed by atoms with Gasteiger partial charge in [-0.1, -0.05) is 5.16 Å². The summed E-state index contributed by atoms with van der Waals surface area (Å²) in [6.45, 7) is 0.709. The molecular weight excluding hydrogens is 220 g/mol. The molecule has 0 saturated heterocycles. The zero-order valence-electron chi connectivity index (χ0n) is 9.40. The van der Waals surface area contributed by atoms with E-state index in [1.54, 1.807) is 13.3 Å². The highest BCUT2D eigenvalue weighted by Crippen LogP contribution is 2.40. The van der Waals surface area contributed by atoms with Crippen molar-refractivity contribution in [1.29, 1.82) is 0 Å². The van der Waals surface area contributed by atoms with E-state index in [1.165, 1.54) is 0 Å². The average molecular weight is 232 g/mol. The van der Waals surface area contributed by atoms with E-state index in [2.05, 4.69) is 5.16 Å². The zero-order valence-corrected chi connectivity index (χ0v) is 9.40. The molecule has 1 aromatic heterocycles. The van der Waals surface area contributed by atoms with Crippen molar-refractivity contribution in [3.63, 3.8) is 0 Å². The van der Waals surface area contributed by atoms with Crippen molar-refractivity contribution < 1.29 is 14.0 Å². The lowest BCUT2D eigenvalue weighted by atomic mass is 10.0. The molecule has 5 heteroatoms. The highest BCUT2D eigenvalue weighted by molar-refractivity contribution is 5.79. The molecule has 3 rings (SSSR count). The molecule has 0 saturated carbocycles. The molecule has 17 heavy (non-hydrogen) atoms. The van der Waals surface area contributed by atoms with Gasteiger partial charge < -0.3 is 19.7 Å². The molecular formula is C12H12N2O3. The Labute approximate surface area is 98.1 Å². The van der Waals surface area contributed by atoms with Gasteiger partial charge in [-0.15, -0.1) is 0 Å². The lowest BCUT2D eigenvalue weighted by Crippen LogP contribution is -1.92. The Balaban J connectivity index is 2.19. The normalized spacial score (nSPS) is 13.2. The number of hydrogen-bond acceptors (Lipinski definition) is 5. The van der Waals surface area contributed by atoms with Gasteiger partial charge in [-0.05, 0) is 12.1 Å². The number of nitrogens with two attached hydrogens (primary N) is 1. The van der Waals surface area contributed by atoms with E-state index in [0.717, 1.165) is 34.6 Å². The van der Waals surface area contributed by atoms with Gasteiger partial charge in [0.25, 0.3) is 0 Å². The van der Waals surface area contributed by atoms with Crippen LogP contribution in [0.2, 0.25) is 0 Å². The SMILES string of the molecule is COc1cc2c(cc1-c1cnoc1N)OCC2. The van der Waals surface area contributed by atoms with Gasteiger partial charge in [0.2, 0.25) is 5.88 Å². The van der Waals surface area contributed by atoms with Crippen LogP contribution in [0, 0.1) is 0 Å². The smallest absolute Gasteiger partial charge is 0.230 e. The van der Waals surface area contributed by atoms with Gasteiger partial charge in [0.15, 0.2) is 0 Å². The van der Waals surface area contributed by atoms with E-state index >= 15 is 0 Å². The average Bonchev–Trinajstić information content (AvgIpc) is 2.94. The predicted octanol–water partition coefficient (Wildman–Crippen LogP) is 1.87. The number of benzene rings is 1. The third-order valence-electron chi connectivity index (χ3n) is 2.90. The van der Waals surface area contributed by atoms with Crippen LogP contribution in [0.25, 0.3) is 11.1 Å². The Kier molecular flexibility index (Phi) is 2.18. The van der Waals surface area contributed by atoms with Crippen LogP contribution in [0.3, 0.4) is 0 Å². The molecule has 1 aromatic carbocycles. The van der Waals surface area contributed by atoms with E-state index in [-0.39, 0.29) is 5.88 Å². The van der Waals surface area contributed by atoms with Gasteiger partial charge in [0.1, 0.15) is 11.5 Å². The summed E-state index contributed by atoms with van der Waals surface area (Å²) < 4.78 is 15.8. The summed E-state index contributed by atoms with van der Waals surface area (Å²) in [5.41, 5.74) is 8.43. The molecule has 0 bridgehead atoms. The molecule has 5 nitrogen and oxygen atoms in total. The van der Waals surface area contributed by atoms with Crippen LogP contribution in [-0.2, 0) is 6.42 Å². The van der Waals surface area contributed by atoms with Crippen molar-refractivity contribution in [3.8, 4) is 22.6 Å². The third kappa shape index (κ3) is 1.51. The first-order valence-electron chi connectivity index (χ1n) is 5.34. The van der Waals surface area contributed by atoms with Gasteiger partial charge in [-0.2, -0.15) is 0 Å². The van der Waals surface area contributed by atoms with Crippen LogP contribution >= 0.6 is 0 Å². The Bertz CT molecular complexity index is 563. The fourth-order valence-corrected chi connectivity index (χ4v) is 2.03. The van der Waals surface area contributed by atoms with Gasteiger partial charge in [0, 0.05) is 17.5 Å². The maximum absolute atomic E-state index is 5.72. The van der Waals surface area contributed by atoms with Crippen LogP contribution in [0.5, 0.6) is 11.5 Å². The van der Waals surface area contributed by atoms with E-state index < -0.39 is 0 Å². The molecule has 2 aromatic rings. The minimum atomic E-state index is 0.279. The zero-order chi connectivity index (χ0) is 11.8. The van der Waals surface area contributed by atoms with E-state index in [1.807, 2.05) is 12.1 Å². The molecule has 0 aliphatic carbocycles. The number of methoxy groups -OCH3 is 1. The Hall–Kier alpha value is -2.17. The molecule has 1 aliphatic rings. The number of hydrogen-bond donors (Lipinski definition) is 1. The van der Waals surface area contributed by atoms with E-state index in [0.29, 0.717) is 6.61 Å². The van der Waals surface area contributed by atoms with Crippen molar-refractivity contribution in [2.24, 2.45) is 0 Å². The maximum Gasteiger partial charge on any atom is 0.230 e. The number of rotatable bonds is 2. The number of nitrogen functional groups attached to an aromatic ring is 1. The first-order chi connectivity index (χ1) is 8.29. The Morgan fingerprint density at radius 3 is 2.94 bits per heavy atom. The second-order valence-corrected chi connectivity index (χ2v) is 3.86. The van der Waals surface area contributed by atoms with Crippen molar-refractivity contribution in [2.75, 3.05) is 19.5 Å². The summed E-state index contributed by atoms with van der Waals surface area (Å²) in [6.07, 6.45) is 2.49. The minimum absolute atomic E-state index is 0.279. The Morgan fingerprint density at radius 1 is 1.35 bits per heavy atom. The molecule has 2 heterocycles. The monoisotopic (exact) mass is 232 g/mol. The minimum Gasteiger partial charge on any atom is -0.496 e. The van der Waals surface area contributed by atoms with E-state index in [9.17, 15) is 0 Å². The van der Waals surface area contributed by atoms with Crippen LogP contribution in [0.4, 0.5) is 5.88 Å². The predicted molar refractivity (Wildman–Crippen MR) is 62.1 cm³/mol. The summed E-state index contributed by atoms with van der Waals surface area (Å²) in [4.78, 5) is 0. The number of aromatic nitrogens is 1. The van der Waals surface area contributed by atoms with Gasteiger partial charge in [-0.25, -0.2) is 0 Å². The quantitative estimate of drug-likeness (QED) is 0.855. The summed E-state index contributed by atoms with van der Waals surface area (Å²) in [5.74, 6) is 1.91. The number of fused-ring (bicyclic) bond motifs is 1. The number of ether oxygens (including phenoxy) is 2. The summed E-state index contributed by atoms with van der Waals surface area (Å²) in [6, 6.07) is 3.90. The second kappa shape index (κ2) is 3.69. The standard InChI is InChI=1S/C12H12N2O3/c1-15-11-4-7-2-3-16-10(7)5-8(11)9-6-14-17-12(9)13/h4-6H,2-3,13H2,1H3. The topological polar surface area (TPSA) is 70.5 Å². The highest BCUT2D eigenvalue weighted by Gasteiger charge is 2.19. The molecule has 0 amide bonds. The number of nitrogens with zero attached hydrogens (tertiary/aromatic N) is 1. The molecule has 1 aliphatic heterocycles. The molecule has 0 spiro atoms. The largest absolute Gasteiger partial charge is 0.496 e.